The average molecular weight is 479 g/mol. The van der Waals surface area contributed by atoms with Gasteiger partial charge in [0.1, 0.15) is 11.6 Å². The van der Waals surface area contributed by atoms with E-state index in [9.17, 15) is 10.1 Å². The van der Waals surface area contributed by atoms with Crippen LogP contribution in [-0.4, -0.2) is 74.6 Å². The van der Waals surface area contributed by atoms with Gasteiger partial charge in [-0.05, 0) is 50.0 Å². The number of nitriles is 1. The molecular formula is C26H38N8O. The Morgan fingerprint density at radius 2 is 1.94 bits per heavy atom. The van der Waals surface area contributed by atoms with Gasteiger partial charge < -0.3 is 25.3 Å². The van der Waals surface area contributed by atoms with Crippen molar-refractivity contribution in [2.24, 2.45) is 5.41 Å². The first-order valence-electron chi connectivity index (χ1n) is 12.1. The molecule has 1 amide bonds. The van der Waals surface area contributed by atoms with Crippen molar-refractivity contribution >= 4 is 29.2 Å². The predicted octanol–water partition coefficient (Wildman–Crippen LogP) is 3.38. The first-order valence-corrected chi connectivity index (χ1v) is 12.1. The maximum absolute atomic E-state index is 12.2. The van der Waals surface area contributed by atoms with Crippen molar-refractivity contribution in [3.8, 4) is 6.07 Å². The largest absolute Gasteiger partial charge is 0.355 e. The highest BCUT2D eigenvalue weighted by Gasteiger charge is 2.25. The van der Waals surface area contributed by atoms with Crippen molar-refractivity contribution in [3.63, 3.8) is 0 Å². The third-order valence-electron chi connectivity index (χ3n) is 6.04. The number of hydrogen-bond donors (Lipinski definition) is 2. The Morgan fingerprint density at radius 3 is 2.60 bits per heavy atom. The van der Waals surface area contributed by atoms with Crippen molar-refractivity contribution in [2.75, 3.05) is 69.0 Å². The molecule has 35 heavy (non-hydrogen) atoms. The number of aromatic nitrogens is 2. The van der Waals surface area contributed by atoms with Crippen molar-refractivity contribution in [1.29, 1.82) is 5.26 Å². The van der Waals surface area contributed by atoms with E-state index < -0.39 is 0 Å². The molecule has 0 aliphatic carbocycles. The van der Waals surface area contributed by atoms with Crippen LogP contribution in [-0.2, 0) is 0 Å². The van der Waals surface area contributed by atoms with E-state index >= 15 is 0 Å². The number of aryl methyl sites for hydroxylation is 1. The zero-order chi connectivity index (χ0) is 25.8. The molecule has 3 rings (SSSR count). The van der Waals surface area contributed by atoms with Crippen LogP contribution in [0.5, 0.6) is 0 Å². The molecule has 0 radical (unpaired) electrons. The van der Waals surface area contributed by atoms with Crippen LogP contribution in [0.4, 0.5) is 23.3 Å². The SMILES string of the molecule is CNC(=O)c1ccc(C)c(Nc2nc(N(C)CC(C)(C)C)nc(N3CCCN(C)CC3)c2C#N)c1. The molecule has 1 aromatic heterocycles. The predicted molar refractivity (Wildman–Crippen MR) is 142 cm³/mol. The standard InChI is InChI=1S/C26H38N8O/c1-18-9-10-19(24(35)28-5)15-21(18)29-22-20(16-27)23(34-12-8-11-32(6)13-14-34)31-25(30-22)33(7)17-26(2,3)4/h9-10,15H,8,11-14,17H2,1-7H3,(H,28,35)(H,29,30,31). The first kappa shape index (κ1) is 26.2. The second kappa shape index (κ2) is 10.9. The minimum absolute atomic E-state index is 0.0452. The van der Waals surface area contributed by atoms with Crippen LogP contribution in [0, 0.1) is 23.7 Å². The zero-order valence-corrected chi connectivity index (χ0v) is 22.1. The lowest BCUT2D eigenvalue weighted by Crippen LogP contribution is -2.33. The zero-order valence-electron chi connectivity index (χ0n) is 22.1. The highest BCUT2D eigenvalue weighted by atomic mass is 16.1. The number of anilines is 4. The van der Waals surface area contributed by atoms with Crippen LogP contribution < -0.4 is 20.4 Å². The molecule has 9 heteroatoms. The third kappa shape index (κ3) is 6.61. The number of amides is 1. The van der Waals surface area contributed by atoms with Crippen LogP contribution in [0.25, 0.3) is 0 Å². The molecule has 2 aromatic rings. The van der Waals surface area contributed by atoms with Gasteiger partial charge in [-0.15, -0.1) is 0 Å². The first-order chi connectivity index (χ1) is 16.5. The summed E-state index contributed by atoms with van der Waals surface area (Å²) in [5, 5.41) is 16.2. The van der Waals surface area contributed by atoms with Gasteiger partial charge in [0.2, 0.25) is 5.95 Å². The van der Waals surface area contributed by atoms with E-state index in [4.69, 9.17) is 9.97 Å². The highest BCUT2D eigenvalue weighted by Crippen LogP contribution is 2.31. The van der Waals surface area contributed by atoms with Crippen LogP contribution in [0.15, 0.2) is 18.2 Å². The summed E-state index contributed by atoms with van der Waals surface area (Å²) in [6, 6.07) is 7.81. The van der Waals surface area contributed by atoms with E-state index in [2.05, 4.69) is 54.3 Å². The second-order valence-corrected chi connectivity index (χ2v) is 10.5. The van der Waals surface area contributed by atoms with Gasteiger partial charge >= 0.3 is 0 Å². The Kier molecular flexibility index (Phi) is 8.18. The van der Waals surface area contributed by atoms with Crippen molar-refractivity contribution in [1.82, 2.24) is 20.2 Å². The molecule has 0 unspecified atom stereocenters. The fourth-order valence-corrected chi connectivity index (χ4v) is 4.24. The Hall–Kier alpha value is -3.38. The van der Waals surface area contributed by atoms with Crippen molar-refractivity contribution in [2.45, 2.75) is 34.1 Å². The molecule has 0 atom stereocenters. The number of nitrogens with one attached hydrogen (secondary N) is 2. The molecule has 1 aliphatic rings. The second-order valence-electron chi connectivity index (χ2n) is 10.5. The number of likely N-dealkylation sites (N-methyl/N-ethyl adjacent to an activating group) is 1. The number of nitrogens with zero attached hydrogens (tertiary/aromatic N) is 6. The van der Waals surface area contributed by atoms with Crippen molar-refractivity contribution in [3.05, 3.63) is 34.9 Å². The molecular weight excluding hydrogens is 440 g/mol. The quantitative estimate of drug-likeness (QED) is 0.652. The highest BCUT2D eigenvalue weighted by molar-refractivity contribution is 5.95. The summed E-state index contributed by atoms with van der Waals surface area (Å²) in [6.45, 7) is 12.8. The van der Waals surface area contributed by atoms with Crippen LogP contribution in [0.2, 0.25) is 0 Å². The lowest BCUT2D eigenvalue weighted by molar-refractivity contribution is 0.0963. The lowest BCUT2D eigenvalue weighted by atomic mass is 9.96. The van der Waals surface area contributed by atoms with Crippen LogP contribution >= 0.6 is 0 Å². The van der Waals surface area contributed by atoms with Gasteiger partial charge in [-0.2, -0.15) is 15.2 Å². The molecule has 0 bridgehead atoms. The lowest BCUT2D eigenvalue weighted by Gasteiger charge is -2.29. The van der Waals surface area contributed by atoms with Gasteiger partial charge in [0, 0.05) is 51.5 Å². The molecule has 2 N–H and O–H groups in total. The Labute approximate surface area is 209 Å². The Balaban J connectivity index is 2.11. The van der Waals surface area contributed by atoms with E-state index in [1.165, 1.54) is 0 Å². The number of carbonyl (C=O) groups excluding carboxylic acids is 1. The molecule has 1 saturated heterocycles. The van der Waals surface area contributed by atoms with Gasteiger partial charge in [-0.25, -0.2) is 0 Å². The van der Waals surface area contributed by atoms with Crippen molar-refractivity contribution < 1.29 is 4.79 Å². The maximum atomic E-state index is 12.2. The summed E-state index contributed by atoms with van der Waals surface area (Å²) in [5.74, 6) is 1.49. The maximum Gasteiger partial charge on any atom is 0.251 e. The molecule has 9 nitrogen and oxygen atoms in total. The van der Waals surface area contributed by atoms with Gasteiger partial charge in [-0.3, -0.25) is 4.79 Å². The summed E-state index contributed by atoms with van der Waals surface area (Å²) in [6.07, 6.45) is 0.995. The Morgan fingerprint density at radius 1 is 1.20 bits per heavy atom. The summed E-state index contributed by atoms with van der Waals surface area (Å²) >= 11 is 0. The van der Waals surface area contributed by atoms with Gasteiger partial charge in [0.15, 0.2) is 11.6 Å². The van der Waals surface area contributed by atoms with E-state index in [0.717, 1.165) is 50.4 Å². The normalized spacial score (nSPS) is 14.7. The van der Waals surface area contributed by atoms with E-state index in [-0.39, 0.29) is 11.3 Å². The molecule has 188 valence electrons. The molecule has 1 aromatic carbocycles. The average Bonchev–Trinajstić information content (AvgIpc) is 3.02. The molecule has 1 aliphatic heterocycles. The number of carbonyl (C=O) groups is 1. The van der Waals surface area contributed by atoms with Crippen LogP contribution in [0.1, 0.15) is 48.7 Å². The fourth-order valence-electron chi connectivity index (χ4n) is 4.24. The summed E-state index contributed by atoms with van der Waals surface area (Å²) < 4.78 is 0. The minimum Gasteiger partial charge on any atom is -0.355 e. The minimum atomic E-state index is -0.170. The molecule has 0 saturated carbocycles. The number of benzene rings is 1. The summed E-state index contributed by atoms with van der Waals surface area (Å²) in [4.78, 5) is 28.4. The number of rotatable bonds is 6. The topological polar surface area (TPSA) is 100 Å². The number of hydrogen-bond acceptors (Lipinski definition) is 8. The summed E-state index contributed by atoms with van der Waals surface area (Å²) in [5.41, 5.74) is 2.67. The fraction of sp³-hybridized carbons (Fsp3) is 0.538. The van der Waals surface area contributed by atoms with E-state index in [0.29, 0.717) is 28.7 Å². The monoisotopic (exact) mass is 478 g/mol. The van der Waals surface area contributed by atoms with Gasteiger partial charge in [-0.1, -0.05) is 26.8 Å². The summed E-state index contributed by atoms with van der Waals surface area (Å²) in [7, 11) is 5.70. The van der Waals surface area contributed by atoms with Gasteiger partial charge in [0.25, 0.3) is 5.91 Å². The molecule has 2 heterocycles. The van der Waals surface area contributed by atoms with Gasteiger partial charge in [0.05, 0.1) is 0 Å². The molecule has 1 fully saturated rings. The third-order valence-corrected chi connectivity index (χ3v) is 6.04. The Bertz CT molecular complexity index is 1100. The van der Waals surface area contributed by atoms with E-state index in [1.807, 2.05) is 24.9 Å². The molecule has 0 spiro atoms. The smallest absolute Gasteiger partial charge is 0.251 e. The van der Waals surface area contributed by atoms with E-state index in [1.54, 1.807) is 19.2 Å². The van der Waals surface area contributed by atoms with Crippen LogP contribution in [0.3, 0.4) is 0 Å².